The van der Waals surface area contributed by atoms with Gasteiger partial charge in [0, 0.05) is 18.0 Å². The van der Waals surface area contributed by atoms with Crippen LogP contribution in [0.3, 0.4) is 0 Å². The number of rotatable bonds is 2. The van der Waals surface area contributed by atoms with Crippen LogP contribution >= 0.6 is 0 Å². The molecule has 1 rings (SSSR count). The summed E-state index contributed by atoms with van der Waals surface area (Å²) in [6.07, 6.45) is 5.82. The average Bonchev–Trinajstić information content (AvgIpc) is 2.13. The monoisotopic (exact) mass is 196 g/mol. The highest BCUT2D eigenvalue weighted by molar-refractivity contribution is 5.78. The first-order valence-electron chi connectivity index (χ1n) is 5.13. The lowest BCUT2D eigenvalue weighted by atomic mass is 10.1. The third-order valence-corrected chi connectivity index (χ3v) is 2.48. The molecule has 1 aliphatic heterocycles. The van der Waals surface area contributed by atoms with Gasteiger partial charge in [-0.3, -0.25) is 4.79 Å². The predicted octanol–water partition coefficient (Wildman–Crippen LogP) is 2.09. The number of nitrogens with zero attached hydrogens (tertiary/aromatic N) is 4. The van der Waals surface area contributed by atoms with E-state index in [0.717, 1.165) is 25.9 Å². The summed E-state index contributed by atoms with van der Waals surface area (Å²) in [5, 5.41) is 3.29. The maximum atomic E-state index is 11.5. The Bertz CT molecular complexity index is 227. The van der Waals surface area contributed by atoms with E-state index in [9.17, 15) is 4.79 Å². The van der Waals surface area contributed by atoms with E-state index in [1.807, 2.05) is 4.90 Å². The Balaban J connectivity index is 2.38. The summed E-state index contributed by atoms with van der Waals surface area (Å²) >= 11 is 0. The molecule has 0 radical (unpaired) electrons. The lowest BCUT2D eigenvalue weighted by Crippen LogP contribution is -2.35. The number of azide groups is 1. The molecule has 1 saturated heterocycles. The van der Waals surface area contributed by atoms with Gasteiger partial charge in [-0.1, -0.05) is 24.4 Å². The van der Waals surface area contributed by atoms with E-state index in [-0.39, 0.29) is 12.5 Å². The molecule has 0 N–H and O–H groups in total. The van der Waals surface area contributed by atoms with Crippen LogP contribution in [0.25, 0.3) is 10.4 Å². The van der Waals surface area contributed by atoms with Crippen LogP contribution in [0.1, 0.15) is 32.1 Å². The van der Waals surface area contributed by atoms with Gasteiger partial charge in [0.15, 0.2) is 0 Å². The van der Waals surface area contributed by atoms with Crippen molar-refractivity contribution in [1.29, 1.82) is 0 Å². The Hall–Kier alpha value is -1.22. The fraction of sp³-hybridized carbons (Fsp3) is 0.889. The van der Waals surface area contributed by atoms with E-state index in [4.69, 9.17) is 5.53 Å². The topological polar surface area (TPSA) is 69.1 Å². The second-order valence-corrected chi connectivity index (χ2v) is 3.54. The van der Waals surface area contributed by atoms with Gasteiger partial charge in [-0.15, -0.1) is 0 Å². The minimum absolute atomic E-state index is 0.0312. The van der Waals surface area contributed by atoms with E-state index >= 15 is 0 Å². The molecular formula is C9H16N4O. The van der Waals surface area contributed by atoms with Crippen molar-refractivity contribution in [2.24, 2.45) is 5.11 Å². The Morgan fingerprint density at radius 3 is 2.36 bits per heavy atom. The number of likely N-dealkylation sites (tertiary alicyclic amines) is 1. The molecule has 0 aromatic heterocycles. The quantitative estimate of drug-likeness (QED) is 0.378. The van der Waals surface area contributed by atoms with Crippen LogP contribution in [0.15, 0.2) is 5.11 Å². The molecule has 5 nitrogen and oxygen atoms in total. The van der Waals surface area contributed by atoms with Gasteiger partial charge in [0.05, 0.1) is 0 Å². The first kappa shape index (κ1) is 10.9. The van der Waals surface area contributed by atoms with Gasteiger partial charge in [-0.25, -0.2) is 0 Å². The zero-order chi connectivity index (χ0) is 10.2. The van der Waals surface area contributed by atoms with Crippen LogP contribution in [0.2, 0.25) is 0 Å². The van der Waals surface area contributed by atoms with Crippen molar-refractivity contribution in [3.05, 3.63) is 10.4 Å². The second kappa shape index (κ2) is 6.27. The molecule has 0 saturated carbocycles. The fourth-order valence-corrected chi connectivity index (χ4v) is 1.69. The van der Waals surface area contributed by atoms with Crippen molar-refractivity contribution in [2.75, 3.05) is 19.6 Å². The summed E-state index contributed by atoms with van der Waals surface area (Å²) < 4.78 is 0. The molecule has 0 bridgehead atoms. The van der Waals surface area contributed by atoms with Gasteiger partial charge >= 0.3 is 0 Å². The first-order valence-corrected chi connectivity index (χ1v) is 5.13. The van der Waals surface area contributed by atoms with E-state index in [2.05, 4.69) is 10.0 Å². The molecule has 1 fully saturated rings. The molecule has 0 atom stereocenters. The van der Waals surface area contributed by atoms with Crippen LogP contribution in [-0.2, 0) is 4.79 Å². The van der Waals surface area contributed by atoms with Gasteiger partial charge in [-0.05, 0) is 18.4 Å². The normalized spacial score (nSPS) is 17.9. The summed E-state index contributed by atoms with van der Waals surface area (Å²) in [5.74, 6) is -0.0373. The molecule has 0 aromatic carbocycles. The minimum atomic E-state index is -0.0373. The number of hydrogen-bond donors (Lipinski definition) is 0. The van der Waals surface area contributed by atoms with Crippen molar-refractivity contribution in [2.45, 2.75) is 32.1 Å². The SMILES string of the molecule is [N-]=[N+]=NCC(=O)N1CCCCCCC1. The van der Waals surface area contributed by atoms with Crippen LogP contribution in [0.4, 0.5) is 0 Å². The zero-order valence-electron chi connectivity index (χ0n) is 8.35. The van der Waals surface area contributed by atoms with E-state index in [1.54, 1.807) is 0 Å². The Kier molecular flexibility index (Phi) is 4.86. The molecule has 78 valence electrons. The number of carbonyl (C=O) groups excluding carboxylic acids is 1. The third-order valence-electron chi connectivity index (χ3n) is 2.48. The predicted molar refractivity (Wildman–Crippen MR) is 53.7 cm³/mol. The van der Waals surface area contributed by atoms with E-state index in [0.29, 0.717) is 0 Å². The summed E-state index contributed by atoms with van der Waals surface area (Å²) in [7, 11) is 0. The van der Waals surface area contributed by atoms with Crippen LogP contribution < -0.4 is 0 Å². The molecule has 14 heavy (non-hydrogen) atoms. The number of hydrogen-bond acceptors (Lipinski definition) is 2. The molecule has 1 aliphatic rings. The molecule has 1 amide bonds. The smallest absolute Gasteiger partial charge is 0.228 e. The van der Waals surface area contributed by atoms with Crippen LogP contribution in [0.5, 0.6) is 0 Å². The second-order valence-electron chi connectivity index (χ2n) is 3.54. The highest BCUT2D eigenvalue weighted by Crippen LogP contribution is 2.10. The lowest BCUT2D eigenvalue weighted by molar-refractivity contribution is -0.130. The van der Waals surface area contributed by atoms with Crippen LogP contribution in [-0.4, -0.2) is 30.4 Å². The molecular weight excluding hydrogens is 180 g/mol. The summed E-state index contributed by atoms with van der Waals surface area (Å²) in [6.45, 7) is 1.61. The molecule has 0 unspecified atom stereocenters. The van der Waals surface area contributed by atoms with Gasteiger partial charge < -0.3 is 4.90 Å². The van der Waals surface area contributed by atoms with E-state index < -0.39 is 0 Å². The minimum Gasteiger partial charge on any atom is -0.343 e. The Morgan fingerprint density at radius 1 is 1.21 bits per heavy atom. The maximum Gasteiger partial charge on any atom is 0.228 e. The molecule has 5 heteroatoms. The van der Waals surface area contributed by atoms with Crippen LogP contribution in [0, 0.1) is 0 Å². The number of carbonyl (C=O) groups is 1. The largest absolute Gasteiger partial charge is 0.343 e. The van der Waals surface area contributed by atoms with Crippen molar-refractivity contribution < 1.29 is 4.79 Å². The highest BCUT2D eigenvalue weighted by Gasteiger charge is 2.13. The molecule has 0 aliphatic carbocycles. The van der Waals surface area contributed by atoms with E-state index in [1.165, 1.54) is 19.3 Å². The third kappa shape index (κ3) is 3.66. The Morgan fingerprint density at radius 2 is 1.79 bits per heavy atom. The Labute approximate surface area is 83.7 Å². The average molecular weight is 196 g/mol. The van der Waals surface area contributed by atoms with Gasteiger partial charge in [0.2, 0.25) is 5.91 Å². The zero-order valence-corrected chi connectivity index (χ0v) is 8.35. The first-order chi connectivity index (χ1) is 6.84. The maximum absolute atomic E-state index is 11.5. The molecule has 1 heterocycles. The summed E-state index contributed by atoms with van der Waals surface area (Å²) in [4.78, 5) is 15.9. The van der Waals surface area contributed by atoms with Crippen molar-refractivity contribution in [3.8, 4) is 0 Å². The summed E-state index contributed by atoms with van der Waals surface area (Å²) in [6, 6.07) is 0. The molecule has 0 aromatic rings. The number of amides is 1. The highest BCUT2D eigenvalue weighted by atomic mass is 16.2. The molecule has 0 spiro atoms. The van der Waals surface area contributed by atoms with Crippen molar-refractivity contribution >= 4 is 5.91 Å². The van der Waals surface area contributed by atoms with Gasteiger partial charge in [0.25, 0.3) is 0 Å². The van der Waals surface area contributed by atoms with Gasteiger partial charge in [0.1, 0.15) is 6.54 Å². The van der Waals surface area contributed by atoms with Crippen molar-refractivity contribution in [3.63, 3.8) is 0 Å². The lowest BCUT2D eigenvalue weighted by Gasteiger charge is -2.24. The van der Waals surface area contributed by atoms with Gasteiger partial charge in [-0.2, -0.15) is 0 Å². The standard InChI is InChI=1S/C9H16N4O/c10-12-11-8-9(14)13-6-4-2-1-3-5-7-13/h1-8H2. The van der Waals surface area contributed by atoms with Crippen molar-refractivity contribution in [1.82, 2.24) is 4.90 Å². The summed E-state index contributed by atoms with van der Waals surface area (Å²) in [5.41, 5.74) is 8.10. The fourth-order valence-electron chi connectivity index (χ4n) is 1.69.